The van der Waals surface area contributed by atoms with Crippen LogP contribution in [0.1, 0.15) is 26.5 Å². The highest BCUT2D eigenvalue weighted by Gasteiger charge is 2.09. The van der Waals surface area contributed by atoms with Gasteiger partial charge < -0.3 is 9.47 Å². The quantitative estimate of drug-likeness (QED) is 0.796. The van der Waals surface area contributed by atoms with Gasteiger partial charge in [0.15, 0.2) is 0 Å². The second-order valence-corrected chi connectivity index (χ2v) is 5.38. The van der Waals surface area contributed by atoms with Gasteiger partial charge in [-0.3, -0.25) is 0 Å². The maximum Gasteiger partial charge on any atom is 0.213 e. The molecule has 1 rings (SSSR count). The summed E-state index contributed by atoms with van der Waals surface area (Å²) >= 11 is 3.39. The van der Waals surface area contributed by atoms with E-state index in [1.807, 2.05) is 39.8 Å². The first-order valence-electron chi connectivity index (χ1n) is 5.28. The number of aryl methyl sites for hydroxylation is 1. The van der Waals surface area contributed by atoms with E-state index >= 15 is 0 Å². The second-order valence-electron chi connectivity index (χ2n) is 4.53. The largest absolute Gasteiger partial charge is 0.475 e. The third-order valence-corrected chi connectivity index (χ3v) is 2.70. The highest BCUT2D eigenvalue weighted by molar-refractivity contribution is 9.10. The molecular formula is C12H18BrNO2. The maximum absolute atomic E-state index is 5.54. The summed E-state index contributed by atoms with van der Waals surface area (Å²) in [5.74, 6) is 0.637. The van der Waals surface area contributed by atoms with Gasteiger partial charge in [0.2, 0.25) is 5.88 Å². The lowest BCUT2D eigenvalue weighted by atomic mass is 10.2. The van der Waals surface area contributed by atoms with Crippen LogP contribution in [-0.4, -0.2) is 23.8 Å². The average Bonchev–Trinajstić information content (AvgIpc) is 2.17. The number of nitrogens with zero attached hydrogens (tertiary/aromatic N) is 1. The molecule has 1 aromatic rings. The lowest BCUT2D eigenvalue weighted by Crippen LogP contribution is -2.22. The predicted octanol–water partition coefficient (Wildman–Crippen LogP) is 3.35. The molecule has 0 aliphatic carbocycles. The number of rotatable bonds is 4. The van der Waals surface area contributed by atoms with E-state index in [4.69, 9.17) is 9.47 Å². The van der Waals surface area contributed by atoms with Crippen LogP contribution in [-0.2, 0) is 4.74 Å². The Balaban J connectivity index is 2.35. The highest BCUT2D eigenvalue weighted by atomic mass is 79.9. The Morgan fingerprint density at radius 1 is 1.25 bits per heavy atom. The van der Waals surface area contributed by atoms with Crippen LogP contribution in [0.15, 0.2) is 16.6 Å². The molecule has 90 valence electrons. The Bertz CT molecular complexity index is 347. The number of ether oxygens (including phenoxy) is 2. The molecular weight excluding hydrogens is 270 g/mol. The number of hydrogen-bond acceptors (Lipinski definition) is 3. The molecule has 16 heavy (non-hydrogen) atoms. The molecule has 0 bridgehead atoms. The van der Waals surface area contributed by atoms with Gasteiger partial charge in [0.1, 0.15) is 6.61 Å². The van der Waals surface area contributed by atoms with Crippen LogP contribution in [0, 0.1) is 6.92 Å². The smallest absolute Gasteiger partial charge is 0.213 e. The summed E-state index contributed by atoms with van der Waals surface area (Å²) in [7, 11) is 0. The average molecular weight is 288 g/mol. The highest BCUT2D eigenvalue weighted by Crippen LogP contribution is 2.17. The molecule has 3 nitrogen and oxygen atoms in total. The summed E-state index contributed by atoms with van der Waals surface area (Å²) in [6.07, 6.45) is 0. The van der Waals surface area contributed by atoms with Crippen LogP contribution in [0.25, 0.3) is 0 Å². The molecule has 0 radical (unpaired) electrons. The van der Waals surface area contributed by atoms with Crippen molar-refractivity contribution in [1.82, 2.24) is 4.98 Å². The Morgan fingerprint density at radius 3 is 2.50 bits per heavy atom. The fourth-order valence-electron chi connectivity index (χ4n) is 1.10. The van der Waals surface area contributed by atoms with E-state index in [1.165, 1.54) is 0 Å². The lowest BCUT2D eigenvalue weighted by Gasteiger charge is -2.19. The van der Waals surface area contributed by atoms with Gasteiger partial charge in [-0.2, -0.15) is 0 Å². The first-order valence-corrected chi connectivity index (χ1v) is 6.08. The van der Waals surface area contributed by atoms with Crippen LogP contribution in [0.3, 0.4) is 0 Å². The SMILES string of the molecule is Cc1nc(OCCOC(C)(C)C)ccc1Br. The molecule has 1 aromatic heterocycles. The van der Waals surface area contributed by atoms with Gasteiger partial charge >= 0.3 is 0 Å². The normalized spacial score (nSPS) is 11.6. The topological polar surface area (TPSA) is 31.4 Å². The third kappa shape index (κ3) is 4.94. The molecule has 1 heterocycles. The molecule has 0 N–H and O–H groups in total. The third-order valence-electron chi connectivity index (χ3n) is 1.86. The van der Waals surface area contributed by atoms with E-state index in [9.17, 15) is 0 Å². The van der Waals surface area contributed by atoms with E-state index in [0.717, 1.165) is 10.2 Å². The van der Waals surface area contributed by atoms with E-state index in [2.05, 4.69) is 20.9 Å². The van der Waals surface area contributed by atoms with Crippen molar-refractivity contribution in [3.05, 3.63) is 22.3 Å². The van der Waals surface area contributed by atoms with E-state index in [-0.39, 0.29) is 5.60 Å². The molecule has 0 atom stereocenters. The van der Waals surface area contributed by atoms with Crippen molar-refractivity contribution in [3.8, 4) is 5.88 Å². The summed E-state index contributed by atoms with van der Waals surface area (Å²) in [4.78, 5) is 4.28. The first-order chi connectivity index (χ1) is 7.38. The minimum atomic E-state index is -0.119. The minimum absolute atomic E-state index is 0.119. The van der Waals surface area contributed by atoms with Gasteiger partial charge in [-0.05, 0) is 49.7 Å². The molecule has 0 spiro atoms. The van der Waals surface area contributed by atoms with Crippen molar-refractivity contribution >= 4 is 15.9 Å². The molecule has 0 aliphatic heterocycles. The molecule has 0 aromatic carbocycles. The molecule has 4 heteroatoms. The molecule has 0 fully saturated rings. The van der Waals surface area contributed by atoms with Crippen molar-refractivity contribution in [2.75, 3.05) is 13.2 Å². The summed E-state index contributed by atoms with van der Waals surface area (Å²) in [6, 6.07) is 3.77. The summed E-state index contributed by atoms with van der Waals surface area (Å²) in [6.45, 7) is 9.09. The van der Waals surface area contributed by atoms with E-state index in [0.29, 0.717) is 19.1 Å². The number of halogens is 1. The number of hydrogen-bond donors (Lipinski definition) is 0. The van der Waals surface area contributed by atoms with Gasteiger partial charge in [-0.1, -0.05) is 0 Å². The van der Waals surface area contributed by atoms with Crippen molar-refractivity contribution in [3.63, 3.8) is 0 Å². The van der Waals surface area contributed by atoms with Crippen LogP contribution in [0.2, 0.25) is 0 Å². The molecule has 0 aliphatic rings. The van der Waals surface area contributed by atoms with Crippen LogP contribution >= 0.6 is 15.9 Å². The fourth-order valence-corrected chi connectivity index (χ4v) is 1.32. The summed E-state index contributed by atoms with van der Waals surface area (Å²) in [5, 5.41) is 0. The van der Waals surface area contributed by atoms with Crippen molar-refractivity contribution in [1.29, 1.82) is 0 Å². The Labute approximate surface area is 105 Å². The minimum Gasteiger partial charge on any atom is -0.475 e. The Kier molecular flexibility index (Phi) is 4.74. The Morgan fingerprint density at radius 2 is 1.94 bits per heavy atom. The van der Waals surface area contributed by atoms with E-state index < -0.39 is 0 Å². The van der Waals surface area contributed by atoms with Gasteiger partial charge in [-0.25, -0.2) is 4.98 Å². The van der Waals surface area contributed by atoms with Crippen molar-refractivity contribution in [2.45, 2.75) is 33.3 Å². The molecule has 0 unspecified atom stereocenters. The monoisotopic (exact) mass is 287 g/mol. The van der Waals surface area contributed by atoms with Crippen LogP contribution in [0.4, 0.5) is 0 Å². The summed E-state index contributed by atoms with van der Waals surface area (Å²) in [5.41, 5.74) is 0.807. The molecule has 0 saturated heterocycles. The summed E-state index contributed by atoms with van der Waals surface area (Å²) < 4.78 is 12.0. The number of aromatic nitrogens is 1. The number of pyridine rings is 1. The van der Waals surface area contributed by atoms with Crippen molar-refractivity contribution < 1.29 is 9.47 Å². The van der Waals surface area contributed by atoms with Gasteiger partial charge in [0.05, 0.1) is 17.9 Å². The van der Waals surface area contributed by atoms with E-state index in [1.54, 1.807) is 0 Å². The standard InChI is InChI=1S/C12H18BrNO2/c1-9-10(13)5-6-11(14-9)15-7-8-16-12(2,3)4/h5-6H,7-8H2,1-4H3. The van der Waals surface area contributed by atoms with Gasteiger partial charge in [0, 0.05) is 10.5 Å². The van der Waals surface area contributed by atoms with Crippen molar-refractivity contribution in [2.24, 2.45) is 0 Å². The zero-order chi connectivity index (χ0) is 12.2. The predicted molar refractivity (Wildman–Crippen MR) is 67.9 cm³/mol. The second kappa shape index (κ2) is 5.64. The first kappa shape index (κ1) is 13.5. The zero-order valence-electron chi connectivity index (χ0n) is 10.2. The molecule has 0 amide bonds. The van der Waals surface area contributed by atoms with Gasteiger partial charge in [-0.15, -0.1) is 0 Å². The molecule has 0 saturated carbocycles. The zero-order valence-corrected chi connectivity index (χ0v) is 11.8. The van der Waals surface area contributed by atoms with Crippen LogP contribution < -0.4 is 4.74 Å². The lowest BCUT2D eigenvalue weighted by molar-refractivity contribution is -0.0168. The fraction of sp³-hybridized carbons (Fsp3) is 0.583. The van der Waals surface area contributed by atoms with Crippen LogP contribution in [0.5, 0.6) is 5.88 Å². The maximum atomic E-state index is 5.54. The van der Waals surface area contributed by atoms with Gasteiger partial charge in [0.25, 0.3) is 0 Å². The Hall–Kier alpha value is -0.610.